The third kappa shape index (κ3) is 3.48. The molecule has 128 valence electrons. The second-order valence-corrected chi connectivity index (χ2v) is 7.07. The lowest BCUT2D eigenvalue weighted by molar-refractivity contribution is 0.0949. The van der Waals surface area contributed by atoms with E-state index in [0.29, 0.717) is 23.6 Å². The Bertz CT molecular complexity index is 1090. The van der Waals surface area contributed by atoms with Gasteiger partial charge in [-0.05, 0) is 51.6 Å². The van der Waals surface area contributed by atoms with Gasteiger partial charge in [-0.1, -0.05) is 53.7 Å². The van der Waals surface area contributed by atoms with Crippen molar-refractivity contribution < 1.29 is 9.32 Å². The molecule has 0 atom stereocenters. The summed E-state index contributed by atoms with van der Waals surface area (Å²) in [5.74, 6) is 0.569. The van der Waals surface area contributed by atoms with E-state index in [1.54, 1.807) is 6.07 Å². The number of nitrogens with one attached hydrogen (secondary N) is 1. The number of aromatic nitrogens is 1. The minimum Gasteiger partial charge on any atom is -0.356 e. The van der Waals surface area contributed by atoms with Gasteiger partial charge in [-0.15, -0.1) is 0 Å². The predicted octanol–water partition coefficient (Wildman–Crippen LogP) is 5.03. The van der Waals surface area contributed by atoms with Crippen molar-refractivity contribution in [2.45, 2.75) is 6.54 Å². The van der Waals surface area contributed by atoms with Crippen molar-refractivity contribution in [2.24, 2.45) is 0 Å². The minimum absolute atomic E-state index is 0.120. The first-order chi connectivity index (χ1) is 12.7. The zero-order chi connectivity index (χ0) is 17.9. The number of amides is 1. The molecule has 4 aromatic rings. The average Bonchev–Trinajstić information content (AvgIpc) is 3.15. The molecule has 1 aromatic heterocycles. The fraction of sp³-hybridized carbons (Fsp3) is 0.0476. The highest BCUT2D eigenvalue weighted by molar-refractivity contribution is 14.1. The van der Waals surface area contributed by atoms with Crippen LogP contribution in [-0.2, 0) is 6.54 Å². The van der Waals surface area contributed by atoms with Gasteiger partial charge in [0.15, 0.2) is 5.76 Å². The van der Waals surface area contributed by atoms with E-state index in [-0.39, 0.29) is 5.91 Å². The van der Waals surface area contributed by atoms with E-state index >= 15 is 0 Å². The molecule has 4 rings (SSSR count). The quantitative estimate of drug-likeness (QED) is 0.441. The molecule has 1 N–H and O–H groups in total. The van der Waals surface area contributed by atoms with Crippen LogP contribution in [0, 0.1) is 3.57 Å². The molecule has 1 heterocycles. The molecule has 0 bridgehead atoms. The molecule has 0 aliphatic rings. The summed E-state index contributed by atoms with van der Waals surface area (Å²) in [5, 5.41) is 9.28. The molecule has 4 nitrogen and oxygen atoms in total. The van der Waals surface area contributed by atoms with Crippen LogP contribution in [-0.4, -0.2) is 11.1 Å². The first kappa shape index (κ1) is 16.8. The molecular formula is C21H15IN2O2. The van der Waals surface area contributed by atoms with Crippen LogP contribution in [0.2, 0.25) is 0 Å². The molecule has 0 saturated heterocycles. The second kappa shape index (κ2) is 7.29. The monoisotopic (exact) mass is 454 g/mol. The van der Waals surface area contributed by atoms with E-state index in [0.717, 1.165) is 14.5 Å². The van der Waals surface area contributed by atoms with E-state index in [2.05, 4.69) is 57.3 Å². The zero-order valence-corrected chi connectivity index (χ0v) is 15.9. The minimum atomic E-state index is -0.120. The maximum atomic E-state index is 12.3. The lowest BCUT2D eigenvalue weighted by Gasteiger charge is -2.04. The lowest BCUT2D eigenvalue weighted by Crippen LogP contribution is -2.23. The molecule has 0 aliphatic heterocycles. The molecule has 26 heavy (non-hydrogen) atoms. The van der Waals surface area contributed by atoms with Crippen molar-refractivity contribution in [1.29, 1.82) is 0 Å². The van der Waals surface area contributed by atoms with Gasteiger partial charge in [-0.25, -0.2) is 0 Å². The second-order valence-electron chi connectivity index (χ2n) is 5.91. The summed E-state index contributed by atoms with van der Waals surface area (Å²) in [4.78, 5) is 12.3. The fourth-order valence-electron chi connectivity index (χ4n) is 2.79. The molecule has 0 radical (unpaired) electrons. The van der Waals surface area contributed by atoms with Crippen molar-refractivity contribution in [3.8, 4) is 11.3 Å². The molecule has 1 amide bonds. The van der Waals surface area contributed by atoms with Crippen LogP contribution in [0.5, 0.6) is 0 Å². The van der Waals surface area contributed by atoms with Gasteiger partial charge in [0, 0.05) is 15.2 Å². The molecule has 0 spiro atoms. The van der Waals surface area contributed by atoms with E-state index in [4.69, 9.17) is 4.52 Å². The van der Waals surface area contributed by atoms with E-state index in [1.165, 1.54) is 5.39 Å². The highest BCUT2D eigenvalue weighted by atomic mass is 127. The smallest absolute Gasteiger partial charge is 0.252 e. The van der Waals surface area contributed by atoms with Crippen LogP contribution in [0.4, 0.5) is 0 Å². The van der Waals surface area contributed by atoms with Gasteiger partial charge in [0.05, 0.1) is 12.1 Å². The molecule has 3 aromatic carbocycles. The van der Waals surface area contributed by atoms with Crippen LogP contribution in [0.1, 0.15) is 16.1 Å². The summed E-state index contributed by atoms with van der Waals surface area (Å²) in [6.45, 7) is 0.320. The van der Waals surface area contributed by atoms with Gasteiger partial charge < -0.3 is 9.84 Å². The Morgan fingerprint density at radius 2 is 1.73 bits per heavy atom. The molecule has 0 unspecified atom stereocenters. The summed E-state index contributed by atoms with van der Waals surface area (Å²) in [6.07, 6.45) is 0. The highest BCUT2D eigenvalue weighted by Gasteiger charge is 2.11. The van der Waals surface area contributed by atoms with Crippen LogP contribution in [0.15, 0.2) is 77.3 Å². The van der Waals surface area contributed by atoms with Crippen molar-refractivity contribution in [2.75, 3.05) is 0 Å². The summed E-state index contributed by atoms with van der Waals surface area (Å²) in [7, 11) is 0. The van der Waals surface area contributed by atoms with E-state index in [9.17, 15) is 4.79 Å². The average molecular weight is 454 g/mol. The fourth-order valence-corrected chi connectivity index (χ4v) is 3.42. The maximum Gasteiger partial charge on any atom is 0.252 e. The van der Waals surface area contributed by atoms with Gasteiger partial charge >= 0.3 is 0 Å². The number of rotatable bonds is 4. The van der Waals surface area contributed by atoms with Crippen molar-refractivity contribution in [1.82, 2.24) is 10.5 Å². The van der Waals surface area contributed by atoms with Crippen molar-refractivity contribution in [3.63, 3.8) is 0 Å². The standard InChI is InChI=1S/C21H15IN2O2/c22-19-8-4-3-7-18(19)21(25)23-13-17-12-20(26-24-17)16-10-9-14-5-1-2-6-15(14)11-16/h1-12H,13H2,(H,23,25). The van der Waals surface area contributed by atoms with Crippen LogP contribution in [0.3, 0.4) is 0 Å². The van der Waals surface area contributed by atoms with Gasteiger partial charge in [-0.2, -0.15) is 0 Å². The van der Waals surface area contributed by atoms with Crippen molar-refractivity contribution in [3.05, 3.63) is 87.6 Å². The topological polar surface area (TPSA) is 55.1 Å². The Morgan fingerprint density at radius 1 is 0.962 bits per heavy atom. The summed E-state index contributed by atoms with van der Waals surface area (Å²) in [5.41, 5.74) is 2.31. The molecule has 0 aliphatic carbocycles. The highest BCUT2D eigenvalue weighted by Crippen LogP contribution is 2.25. The lowest BCUT2D eigenvalue weighted by atomic mass is 10.1. The Morgan fingerprint density at radius 3 is 2.58 bits per heavy atom. The van der Waals surface area contributed by atoms with Crippen LogP contribution in [0.25, 0.3) is 22.1 Å². The van der Waals surface area contributed by atoms with Crippen LogP contribution >= 0.6 is 22.6 Å². The third-order valence-corrected chi connectivity index (χ3v) is 5.08. The predicted molar refractivity (Wildman–Crippen MR) is 110 cm³/mol. The van der Waals surface area contributed by atoms with Gasteiger partial charge in [0.2, 0.25) is 0 Å². The number of nitrogens with zero attached hydrogens (tertiary/aromatic N) is 1. The molecular weight excluding hydrogens is 439 g/mol. The molecule has 0 fully saturated rings. The van der Waals surface area contributed by atoms with Gasteiger partial charge in [0.1, 0.15) is 5.69 Å². The molecule has 0 saturated carbocycles. The summed E-state index contributed by atoms with van der Waals surface area (Å²) >= 11 is 2.15. The number of hydrogen-bond donors (Lipinski definition) is 1. The third-order valence-electron chi connectivity index (χ3n) is 4.14. The Hall–Kier alpha value is -2.67. The SMILES string of the molecule is O=C(NCc1cc(-c2ccc3ccccc3c2)on1)c1ccccc1I. The maximum absolute atomic E-state index is 12.3. The first-order valence-corrected chi connectivity index (χ1v) is 9.26. The first-order valence-electron chi connectivity index (χ1n) is 8.18. The van der Waals surface area contributed by atoms with Gasteiger partial charge in [-0.3, -0.25) is 4.79 Å². The number of halogens is 1. The number of carbonyl (C=O) groups excluding carboxylic acids is 1. The zero-order valence-electron chi connectivity index (χ0n) is 13.8. The Labute approximate surface area is 164 Å². The number of carbonyl (C=O) groups is 1. The van der Waals surface area contributed by atoms with E-state index < -0.39 is 0 Å². The van der Waals surface area contributed by atoms with Crippen molar-refractivity contribution >= 4 is 39.3 Å². The van der Waals surface area contributed by atoms with Crippen LogP contribution < -0.4 is 5.32 Å². The number of benzene rings is 3. The number of fused-ring (bicyclic) bond motifs is 1. The summed E-state index contributed by atoms with van der Waals surface area (Å²) in [6, 6.07) is 23.7. The Kier molecular flexibility index (Phi) is 4.71. The molecule has 5 heteroatoms. The Balaban J connectivity index is 1.49. The van der Waals surface area contributed by atoms with E-state index in [1.807, 2.05) is 42.5 Å². The normalized spacial score (nSPS) is 10.8. The largest absolute Gasteiger partial charge is 0.356 e. The summed E-state index contributed by atoms with van der Waals surface area (Å²) < 4.78 is 6.37. The van der Waals surface area contributed by atoms with Gasteiger partial charge in [0.25, 0.3) is 5.91 Å². The number of hydrogen-bond acceptors (Lipinski definition) is 3.